The lowest BCUT2D eigenvalue weighted by Gasteiger charge is -2.18. The second kappa shape index (κ2) is 9.78. The first-order valence-corrected chi connectivity index (χ1v) is 9.18. The van der Waals surface area contributed by atoms with Gasteiger partial charge in [0, 0.05) is 5.38 Å². The Morgan fingerprint density at radius 1 is 1.07 bits per heavy atom. The Morgan fingerprint density at radius 3 is 2.17 bits per heavy atom. The first-order chi connectivity index (χ1) is 14.1. The molecule has 0 saturated heterocycles. The van der Waals surface area contributed by atoms with Gasteiger partial charge in [0.15, 0.2) is 5.13 Å². The summed E-state index contributed by atoms with van der Waals surface area (Å²) in [7, 11) is 2.63. The summed E-state index contributed by atoms with van der Waals surface area (Å²) in [5.41, 5.74) is 4.61. The number of nitrogens with two attached hydrogens (primary N) is 1. The molecule has 2 rings (SSSR count). The van der Waals surface area contributed by atoms with Crippen LogP contribution in [0.3, 0.4) is 0 Å². The van der Waals surface area contributed by atoms with Gasteiger partial charge in [-0.05, 0) is 20.8 Å². The molecule has 0 bridgehead atoms. The van der Waals surface area contributed by atoms with E-state index in [-0.39, 0.29) is 28.6 Å². The number of rotatable bonds is 8. The van der Waals surface area contributed by atoms with E-state index in [2.05, 4.69) is 25.1 Å². The van der Waals surface area contributed by atoms with Gasteiger partial charge in [0.05, 0.1) is 14.2 Å². The normalized spacial score (nSPS) is 11.6. The van der Waals surface area contributed by atoms with E-state index in [4.69, 9.17) is 29.5 Å². The number of aromatic nitrogens is 4. The number of methoxy groups -OCH3 is 2. The molecule has 0 saturated carbocycles. The fourth-order valence-corrected chi connectivity index (χ4v) is 2.33. The number of nitrogens with zero attached hydrogens (tertiary/aromatic N) is 5. The third-order valence-corrected chi connectivity index (χ3v) is 3.51. The fourth-order valence-electron chi connectivity index (χ4n) is 1.79. The summed E-state index contributed by atoms with van der Waals surface area (Å²) < 4.78 is 20.0. The van der Waals surface area contributed by atoms with E-state index in [1.807, 2.05) is 0 Å². The summed E-state index contributed by atoms with van der Waals surface area (Å²) in [6.45, 7) is 4.56. The van der Waals surface area contributed by atoms with Gasteiger partial charge in [-0.3, -0.25) is 0 Å². The molecule has 30 heavy (non-hydrogen) atoms. The monoisotopic (exact) mass is 440 g/mol. The Balaban J connectivity index is 2.21. The number of hydrogen-bond acceptors (Lipinski definition) is 14. The number of carbonyl (C=O) groups is 2. The third kappa shape index (κ3) is 6.80. The summed E-state index contributed by atoms with van der Waals surface area (Å²) >= 11 is 1.07. The molecule has 14 heteroatoms. The average molecular weight is 440 g/mol. The minimum atomic E-state index is -1.03. The van der Waals surface area contributed by atoms with Crippen molar-refractivity contribution in [3.05, 3.63) is 11.1 Å². The predicted octanol–water partition coefficient (Wildman–Crippen LogP) is 0.595. The van der Waals surface area contributed by atoms with E-state index in [0.29, 0.717) is 0 Å². The van der Waals surface area contributed by atoms with Gasteiger partial charge in [-0.25, -0.2) is 14.6 Å². The second-order valence-electron chi connectivity index (χ2n) is 6.35. The molecule has 2 N–H and O–H groups in total. The molecule has 0 spiro atoms. The first-order valence-electron chi connectivity index (χ1n) is 8.30. The number of carbonyl (C=O) groups excluding carboxylic acids is 2. The lowest BCUT2D eigenvalue weighted by molar-refractivity contribution is -0.160. The van der Waals surface area contributed by atoms with Crippen LogP contribution in [0.1, 0.15) is 26.5 Å². The van der Waals surface area contributed by atoms with E-state index in [1.165, 1.54) is 19.6 Å². The van der Waals surface area contributed by atoms with Crippen LogP contribution in [-0.4, -0.2) is 64.0 Å². The standard InChI is InChI=1S/C16H20N6O7S/c1-16(2,3)29-9(23)6-27-22-10(8-7-30-12(17)18-8)11(24)28-15-20-13(25-4)19-14(21-15)26-5/h7H,6H2,1-5H3,(H2,17,18)/b22-10-. The molecule has 0 aliphatic rings. The average Bonchev–Trinajstić information content (AvgIpc) is 3.09. The van der Waals surface area contributed by atoms with Gasteiger partial charge < -0.3 is 29.5 Å². The number of anilines is 1. The Bertz CT molecular complexity index is 918. The van der Waals surface area contributed by atoms with Crippen molar-refractivity contribution in [2.24, 2.45) is 5.16 Å². The minimum absolute atomic E-state index is 0.0691. The molecule has 162 valence electrons. The van der Waals surface area contributed by atoms with Crippen LogP contribution >= 0.6 is 11.3 Å². The van der Waals surface area contributed by atoms with Crippen LogP contribution in [0, 0.1) is 0 Å². The van der Waals surface area contributed by atoms with Crippen LogP contribution in [0.4, 0.5) is 5.13 Å². The summed E-state index contributed by atoms with van der Waals surface area (Å²) in [5.74, 6) is -1.71. The molecule has 0 atom stereocenters. The third-order valence-electron chi connectivity index (χ3n) is 2.84. The minimum Gasteiger partial charge on any atom is -0.467 e. The highest BCUT2D eigenvalue weighted by atomic mass is 32.1. The van der Waals surface area contributed by atoms with E-state index >= 15 is 0 Å². The highest BCUT2D eigenvalue weighted by Crippen LogP contribution is 2.17. The quantitative estimate of drug-likeness (QED) is 0.345. The van der Waals surface area contributed by atoms with E-state index in [1.54, 1.807) is 20.8 Å². The van der Waals surface area contributed by atoms with Crippen molar-refractivity contribution in [1.29, 1.82) is 0 Å². The highest BCUT2D eigenvalue weighted by molar-refractivity contribution is 7.13. The van der Waals surface area contributed by atoms with Crippen molar-refractivity contribution in [1.82, 2.24) is 19.9 Å². The largest absolute Gasteiger partial charge is 0.467 e. The lowest BCUT2D eigenvalue weighted by Crippen LogP contribution is -2.27. The number of hydrogen-bond donors (Lipinski definition) is 1. The van der Waals surface area contributed by atoms with Crippen molar-refractivity contribution in [3.63, 3.8) is 0 Å². The SMILES string of the molecule is COc1nc(OC)nc(OC(=O)/C(=N\OCC(=O)OC(C)(C)C)c2csc(N)n2)n1. The topological polar surface area (TPSA) is 170 Å². The van der Waals surface area contributed by atoms with E-state index in [0.717, 1.165) is 11.3 Å². The zero-order chi connectivity index (χ0) is 22.3. The van der Waals surface area contributed by atoms with Crippen LogP contribution in [-0.2, 0) is 19.2 Å². The highest BCUT2D eigenvalue weighted by Gasteiger charge is 2.24. The zero-order valence-corrected chi connectivity index (χ0v) is 17.7. The van der Waals surface area contributed by atoms with Gasteiger partial charge >= 0.3 is 30.0 Å². The molecule has 0 aliphatic carbocycles. The molecule has 2 aromatic heterocycles. The molecule has 0 unspecified atom stereocenters. The molecule has 2 heterocycles. The lowest BCUT2D eigenvalue weighted by atomic mass is 10.2. The maximum atomic E-state index is 12.6. The molecule has 0 fully saturated rings. The van der Waals surface area contributed by atoms with Crippen LogP contribution < -0.4 is 19.9 Å². The number of oxime groups is 1. The van der Waals surface area contributed by atoms with Crippen molar-refractivity contribution in [2.45, 2.75) is 26.4 Å². The first kappa shape index (κ1) is 22.7. The summed E-state index contributed by atoms with van der Waals surface area (Å²) in [6, 6.07) is -0.684. The Labute approximate surface area is 175 Å². The number of thiazole rings is 1. The summed E-state index contributed by atoms with van der Waals surface area (Å²) in [5, 5.41) is 5.30. The zero-order valence-electron chi connectivity index (χ0n) is 16.9. The molecule has 0 aromatic carbocycles. The Morgan fingerprint density at radius 2 is 1.67 bits per heavy atom. The van der Waals surface area contributed by atoms with E-state index < -0.39 is 30.2 Å². The summed E-state index contributed by atoms with van der Waals surface area (Å²) in [4.78, 5) is 44.7. The molecule has 2 aromatic rings. The molecule has 0 aliphatic heterocycles. The Kier molecular flexibility index (Phi) is 7.41. The number of nitrogen functional groups attached to an aromatic ring is 1. The van der Waals surface area contributed by atoms with Crippen LogP contribution in [0.2, 0.25) is 0 Å². The Hall–Kier alpha value is -3.55. The summed E-state index contributed by atoms with van der Waals surface area (Å²) in [6.07, 6.45) is 0. The van der Waals surface area contributed by atoms with Gasteiger partial charge in [0.2, 0.25) is 12.3 Å². The number of esters is 2. The van der Waals surface area contributed by atoms with Gasteiger partial charge in [0.25, 0.3) is 0 Å². The molecule has 13 nitrogen and oxygen atoms in total. The van der Waals surface area contributed by atoms with Crippen LogP contribution in [0.25, 0.3) is 0 Å². The van der Waals surface area contributed by atoms with Crippen LogP contribution in [0.15, 0.2) is 10.5 Å². The van der Waals surface area contributed by atoms with Crippen molar-refractivity contribution in [2.75, 3.05) is 26.6 Å². The van der Waals surface area contributed by atoms with Gasteiger partial charge in [-0.1, -0.05) is 5.16 Å². The predicted molar refractivity (Wildman–Crippen MR) is 103 cm³/mol. The maximum Gasteiger partial charge on any atom is 0.370 e. The second-order valence-corrected chi connectivity index (χ2v) is 7.24. The van der Waals surface area contributed by atoms with Crippen molar-refractivity contribution in [3.8, 4) is 18.0 Å². The van der Waals surface area contributed by atoms with Gasteiger partial charge in [-0.2, -0.15) is 0 Å². The van der Waals surface area contributed by atoms with Crippen molar-refractivity contribution >= 4 is 34.1 Å². The molecular formula is C16H20N6O7S. The molecule has 0 radical (unpaired) electrons. The fraction of sp³-hybridized carbons (Fsp3) is 0.438. The van der Waals surface area contributed by atoms with Gasteiger partial charge in [0.1, 0.15) is 11.3 Å². The van der Waals surface area contributed by atoms with Crippen molar-refractivity contribution < 1.29 is 33.4 Å². The van der Waals surface area contributed by atoms with E-state index in [9.17, 15) is 9.59 Å². The van der Waals surface area contributed by atoms with Gasteiger partial charge in [-0.15, -0.1) is 26.3 Å². The molecular weight excluding hydrogens is 420 g/mol. The van der Waals surface area contributed by atoms with Crippen LogP contribution in [0.5, 0.6) is 18.0 Å². The number of ether oxygens (including phenoxy) is 4. The maximum absolute atomic E-state index is 12.6. The molecule has 0 amide bonds. The smallest absolute Gasteiger partial charge is 0.370 e.